The zero-order valence-electron chi connectivity index (χ0n) is 14.0. The van der Waals surface area contributed by atoms with E-state index in [-0.39, 0.29) is 18.3 Å². The Morgan fingerprint density at radius 3 is 2.45 bits per heavy atom. The lowest BCUT2D eigenvalue weighted by Crippen LogP contribution is -2.35. The van der Waals surface area contributed by atoms with Crippen molar-refractivity contribution in [3.8, 4) is 0 Å². The molecule has 0 aliphatic heterocycles. The van der Waals surface area contributed by atoms with Crippen LogP contribution in [0, 0.1) is 6.92 Å². The number of hydrogen-bond acceptors (Lipinski definition) is 4. The van der Waals surface area contributed by atoms with Gasteiger partial charge < -0.3 is 14.5 Å². The first-order chi connectivity index (χ1) is 10.4. The van der Waals surface area contributed by atoms with Gasteiger partial charge in [0.05, 0.1) is 13.5 Å². The highest BCUT2D eigenvalue weighted by molar-refractivity contribution is 5.94. The van der Waals surface area contributed by atoms with E-state index < -0.39 is 0 Å². The number of carbonyl (C=O) groups is 2. The summed E-state index contributed by atoms with van der Waals surface area (Å²) in [4.78, 5) is 27.8. The lowest BCUT2D eigenvalue weighted by atomic mass is 10.1. The topological polar surface area (TPSA) is 49.9 Å². The predicted octanol–water partition coefficient (Wildman–Crippen LogP) is 1.95. The average molecular weight is 306 g/mol. The lowest BCUT2D eigenvalue weighted by Gasteiger charge is -2.23. The summed E-state index contributed by atoms with van der Waals surface area (Å²) >= 11 is 0. The maximum Gasteiger partial charge on any atom is 0.307 e. The molecule has 0 aliphatic carbocycles. The summed E-state index contributed by atoms with van der Waals surface area (Å²) in [6.45, 7) is 3.87. The van der Waals surface area contributed by atoms with Crippen molar-refractivity contribution in [3.05, 3.63) is 35.4 Å². The number of methoxy groups -OCH3 is 1. The van der Waals surface area contributed by atoms with Crippen LogP contribution in [0.2, 0.25) is 0 Å². The van der Waals surface area contributed by atoms with Crippen LogP contribution in [0.3, 0.4) is 0 Å². The molecule has 0 saturated carbocycles. The van der Waals surface area contributed by atoms with Crippen molar-refractivity contribution in [2.45, 2.75) is 19.8 Å². The monoisotopic (exact) mass is 306 g/mol. The van der Waals surface area contributed by atoms with E-state index in [0.29, 0.717) is 18.7 Å². The summed E-state index contributed by atoms with van der Waals surface area (Å²) in [5, 5.41) is 0. The summed E-state index contributed by atoms with van der Waals surface area (Å²) in [5.74, 6) is -0.332. The fourth-order valence-corrected chi connectivity index (χ4v) is 2.18. The quantitative estimate of drug-likeness (QED) is 0.689. The molecule has 0 atom stereocenters. The van der Waals surface area contributed by atoms with Gasteiger partial charge in [-0.2, -0.15) is 0 Å². The number of amides is 1. The number of benzene rings is 1. The van der Waals surface area contributed by atoms with Crippen LogP contribution >= 0.6 is 0 Å². The summed E-state index contributed by atoms with van der Waals surface area (Å²) in [5.41, 5.74) is 1.71. The molecule has 0 heterocycles. The van der Waals surface area contributed by atoms with Crippen LogP contribution in [-0.2, 0) is 9.53 Å². The molecule has 0 fully saturated rings. The smallest absolute Gasteiger partial charge is 0.307 e. The molecule has 0 bridgehead atoms. The summed E-state index contributed by atoms with van der Waals surface area (Å²) in [7, 11) is 5.36. The van der Waals surface area contributed by atoms with Gasteiger partial charge >= 0.3 is 5.97 Å². The molecule has 0 unspecified atom stereocenters. The van der Waals surface area contributed by atoms with Crippen molar-refractivity contribution >= 4 is 11.9 Å². The molecule has 22 heavy (non-hydrogen) atoms. The van der Waals surface area contributed by atoms with Gasteiger partial charge in [-0.05, 0) is 46.1 Å². The van der Waals surface area contributed by atoms with Gasteiger partial charge in [0.2, 0.25) is 0 Å². The Bertz CT molecular complexity index is 500. The van der Waals surface area contributed by atoms with E-state index in [1.807, 2.05) is 45.3 Å². The second kappa shape index (κ2) is 9.20. The molecule has 122 valence electrons. The van der Waals surface area contributed by atoms with Gasteiger partial charge in [0, 0.05) is 18.7 Å². The molecule has 1 aromatic rings. The Balaban J connectivity index is 2.73. The first-order valence-electron chi connectivity index (χ1n) is 7.51. The largest absolute Gasteiger partial charge is 0.469 e. The Morgan fingerprint density at radius 1 is 1.14 bits per heavy atom. The predicted molar refractivity (Wildman–Crippen MR) is 86.9 cm³/mol. The van der Waals surface area contributed by atoms with Crippen molar-refractivity contribution in [1.29, 1.82) is 0 Å². The van der Waals surface area contributed by atoms with E-state index in [0.717, 1.165) is 18.5 Å². The first-order valence-corrected chi connectivity index (χ1v) is 7.51. The molecule has 1 rings (SSSR count). The molecular formula is C17H26N2O3. The van der Waals surface area contributed by atoms with Crippen molar-refractivity contribution in [2.75, 3.05) is 40.8 Å². The highest BCUT2D eigenvalue weighted by Crippen LogP contribution is 2.09. The Morgan fingerprint density at radius 2 is 1.86 bits per heavy atom. The molecule has 5 nitrogen and oxygen atoms in total. The highest BCUT2D eigenvalue weighted by atomic mass is 16.5. The third kappa shape index (κ3) is 6.26. The van der Waals surface area contributed by atoms with E-state index in [1.165, 1.54) is 7.11 Å². The summed E-state index contributed by atoms with van der Waals surface area (Å²) in [6, 6.07) is 7.52. The van der Waals surface area contributed by atoms with Gasteiger partial charge in [0.1, 0.15) is 0 Å². The molecule has 1 aromatic carbocycles. The number of rotatable bonds is 8. The van der Waals surface area contributed by atoms with E-state index in [2.05, 4.69) is 9.64 Å². The third-order valence-corrected chi connectivity index (χ3v) is 3.40. The van der Waals surface area contributed by atoms with Crippen LogP contribution in [0.4, 0.5) is 0 Å². The molecule has 5 heteroatoms. The van der Waals surface area contributed by atoms with Crippen molar-refractivity contribution < 1.29 is 14.3 Å². The van der Waals surface area contributed by atoms with Crippen molar-refractivity contribution in [1.82, 2.24) is 9.80 Å². The van der Waals surface area contributed by atoms with Crippen LogP contribution in [-0.4, -0.2) is 62.5 Å². The number of carbonyl (C=O) groups excluding carboxylic acids is 2. The van der Waals surface area contributed by atoms with E-state index in [9.17, 15) is 9.59 Å². The molecule has 1 amide bonds. The van der Waals surface area contributed by atoms with Gasteiger partial charge in [-0.3, -0.25) is 9.59 Å². The lowest BCUT2D eigenvalue weighted by molar-refractivity contribution is -0.140. The standard InChI is InChI=1S/C17H26N2O3/c1-14-7-5-8-15(13-14)17(21)19(11-6-10-18(2)3)12-9-16(20)22-4/h5,7-8,13H,6,9-12H2,1-4H3. The first kappa shape index (κ1) is 18.2. The Labute approximate surface area is 132 Å². The van der Waals surface area contributed by atoms with Gasteiger partial charge in [-0.15, -0.1) is 0 Å². The molecule has 0 N–H and O–H groups in total. The minimum absolute atomic E-state index is 0.0358. The van der Waals surface area contributed by atoms with Crippen LogP contribution in [0.25, 0.3) is 0 Å². The maximum absolute atomic E-state index is 12.6. The number of hydrogen-bond donors (Lipinski definition) is 0. The zero-order valence-corrected chi connectivity index (χ0v) is 14.0. The van der Waals surface area contributed by atoms with Gasteiger partial charge in [0.15, 0.2) is 0 Å². The highest BCUT2D eigenvalue weighted by Gasteiger charge is 2.17. The molecule has 0 spiro atoms. The van der Waals surface area contributed by atoms with Crippen LogP contribution < -0.4 is 0 Å². The van der Waals surface area contributed by atoms with E-state index in [1.54, 1.807) is 4.90 Å². The molecular weight excluding hydrogens is 280 g/mol. The molecule has 0 radical (unpaired) electrons. The zero-order chi connectivity index (χ0) is 16.5. The SMILES string of the molecule is COC(=O)CCN(CCCN(C)C)C(=O)c1cccc(C)c1. The third-order valence-electron chi connectivity index (χ3n) is 3.40. The number of ether oxygens (including phenoxy) is 1. The molecule has 0 saturated heterocycles. The summed E-state index contributed by atoms with van der Waals surface area (Å²) < 4.78 is 4.66. The van der Waals surface area contributed by atoms with Crippen molar-refractivity contribution in [3.63, 3.8) is 0 Å². The summed E-state index contributed by atoms with van der Waals surface area (Å²) in [6.07, 6.45) is 1.09. The van der Waals surface area contributed by atoms with Crippen LogP contribution in [0.15, 0.2) is 24.3 Å². The van der Waals surface area contributed by atoms with Crippen molar-refractivity contribution in [2.24, 2.45) is 0 Å². The number of esters is 1. The fourth-order valence-electron chi connectivity index (χ4n) is 2.18. The molecule has 0 aliphatic rings. The second-order valence-corrected chi connectivity index (χ2v) is 5.64. The van der Waals surface area contributed by atoms with Gasteiger partial charge in [-0.1, -0.05) is 17.7 Å². The molecule has 0 aromatic heterocycles. The normalized spacial score (nSPS) is 10.6. The van der Waals surface area contributed by atoms with Crippen LogP contribution in [0.5, 0.6) is 0 Å². The minimum atomic E-state index is -0.297. The van der Waals surface area contributed by atoms with E-state index in [4.69, 9.17) is 0 Å². The maximum atomic E-state index is 12.6. The average Bonchev–Trinajstić information content (AvgIpc) is 2.49. The van der Waals surface area contributed by atoms with Gasteiger partial charge in [0.25, 0.3) is 5.91 Å². The van der Waals surface area contributed by atoms with E-state index >= 15 is 0 Å². The Kier molecular flexibility index (Phi) is 7.60. The number of aryl methyl sites for hydroxylation is 1. The van der Waals surface area contributed by atoms with Gasteiger partial charge in [-0.25, -0.2) is 0 Å². The Hall–Kier alpha value is -1.88. The minimum Gasteiger partial charge on any atom is -0.469 e. The van der Waals surface area contributed by atoms with Crippen LogP contribution in [0.1, 0.15) is 28.8 Å². The second-order valence-electron chi connectivity index (χ2n) is 5.64. The fraction of sp³-hybridized carbons (Fsp3) is 0.529. The number of nitrogens with zero attached hydrogens (tertiary/aromatic N) is 2.